The van der Waals surface area contributed by atoms with Crippen LogP contribution in [0.2, 0.25) is 0 Å². The lowest BCUT2D eigenvalue weighted by Gasteiger charge is -2.28. The van der Waals surface area contributed by atoms with Gasteiger partial charge >= 0.3 is 0 Å². The average Bonchev–Trinajstić information content (AvgIpc) is 2.98. The number of aryl methyl sites for hydroxylation is 1. The summed E-state index contributed by atoms with van der Waals surface area (Å²) in [5, 5.41) is 10.2. The van der Waals surface area contributed by atoms with Crippen LogP contribution in [0.3, 0.4) is 0 Å². The van der Waals surface area contributed by atoms with E-state index in [0.29, 0.717) is 6.04 Å². The summed E-state index contributed by atoms with van der Waals surface area (Å²) in [7, 11) is 0. The number of nitrogens with two attached hydrogens (primary N) is 1. The number of anilines is 1. The molecule has 0 amide bonds. The van der Waals surface area contributed by atoms with Gasteiger partial charge in [0.1, 0.15) is 5.69 Å². The van der Waals surface area contributed by atoms with Crippen LogP contribution in [0.15, 0.2) is 5.38 Å². The van der Waals surface area contributed by atoms with Gasteiger partial charge in [0.05, 0.1) is 5.01 Å². The molecular weight excluding hydrogens is 248 g/mol. The number of hydrogen-bond donors (Lipinski definition) is 2. The van der Waals surface area contributed by atoms with Gasteiger partial charge in [-0.2, -0.15) is 4.98 Å². The zero-order valence-electron chi connectivity index (χ0n) is 10.3. The van der Waals surface area contributed by atoms with Crippen molar-refractivity contribution in [2.24, 2.45) is 5.73 Å². The maximum absolute atomic E-state index is 5.89. The van der Waals surface area contributed by atoms with Gasteiger partial charge in [0.25, 0.3) is 0 Å². The van der Waals surface area contributed by atoms with Crippen molar-refractivity contribution in [1.82, 2.24) is 20.2 Å². The number of piperidine rings is 1. The molecule has 1 saturated heterocycles. The summed E-state index contributed by atoms with van der Waals surface area (Å²) in [4.78, 5) is 11.1. The van der Waals surface area contributed by atoms with Gasteiger partial charge in [0.2, 0.25) is 5.95 Å². The summed E-state index contributed by atoms with van der Waals surface area (Å²) in [6.45, 7) is 3.83. The highest BCUT2D eigenvalue weighted by Crippen LogP contribution is 2.21. The van der Waals surface area contributed by atoms with E-state index in [1.807, 2.05) is 12.3 Å². The fraction of sp³-hybridized carbons (Fsp3) is 0.545. The highest BCUT2D eigenvalue weighted by atomic mass is 32.1. The van der Waals surface area contributed by atoms with E-state index < -0.39 is 0 Å². The first kappa shape index (κ1) is 11.6. The predicted octanol–water partition coefficient (Wildman–Crippen LogP) is 1.16. The molecule has 7 heteroatoms. The Hall–Kier alpha value is -1.47. The summed E-state index contributed by atoms with van der Waals surface area (Å²) in [5.41, 5.74) is 6.76. The topological polar surface area (TPSA) is 83.7 Å². The molecule has 3 heterocycles. The van der Waals surface area contributed by atoms with Gasteiger partial charge in [0, 0.05) is 24.5 Å². The molecule has 3 rings (SSSR count). The maximum atomic E-state index is 5.89. The van der Waals surface area contributed by atoms with Crippen LogP contribution in [0.4, 0.5) is 5.95 Å². The number of thiazole rings is 1. The molecule has 96 valence electrons. The van der Waals surface area contributed by atoms with Gasteiger partial charge in [-0.05, 0) is 19.8 Å². The molecule has 3 N–H and O–H groups in total. The number of H-pyrrole nitrogens is 1. The van der Waals surface area contributed by atoms with E-state index in [4.69, 9.17) is 5.73 Å². The molecule has 6 nitrogen and oxygen atoms in total. The lowest BCUT2D eigenvalue weighted by Crippen LogP contribution is -2.40. The first-order valence-electron chi connectivity index (χ1n) is 6.08. The van der Waals surface area contributed by atoms with E-state index in [0.717, 1.165) is 48.4 Å². The minimum Gasteiger partial charge on any atom is -0.339 e. The molecule has 2 aromatic heterocycles. The van der Waals surface area contributed by atoms with Gasteiger partial charge in [-0.3, -0.25) is 5.10 Å². The predicted molar refractivity (Wildman–Crippen MR) is 71.7 cm³/mol. The second kappa shape index (κ2) is 4.66. The first-order valence-corrected chi connectivity index (χ1v) is 6.96. The van der Waals surface area contributed by atoms with Gasteiger partial charge in [-0.1, -0.05) is 0 Å². The van der Waals surface area contributed by atoms with Crippen LogP contribution < -0.4 is 10.6 Å². The second-order valence-electron chi connectivity index (χ2n) is 4.56. The molecule has 0 atom stereocenters. The van der Waals surface area contributed by atoms with Gasteiger partial charge < -0.3 is 10.6 Å². The molecule has 18 heavy (non-hydrogen) atoms. The van der Waals surface area contributed by atoms with Crippen molar-refractivity contribution in [2.45, 2.75) is 25.8 Å². The van der Waals surface area contributed by atoms with Crippen molar-refractivity contribution in [3.8, 4) is 11.5 Å². The van der Waals surface area contributed by atoms with E-state index in [1.54, 1.807) is 11.3 Å². The number of aromatic amines is 1. The maximum Gasteiger partial charge on any atom is 0.245 e. The molecule has 0 bridgehead atoms. The zero-order valence-corrected chi connectivity index (χ0v) is 11.1. The SMILES string of the molecule is Cc1nc(-c2nc(N3CCC(N)CC3)n[nH]2)cs1. The molecule has 1 fully saturated rings. The van der Waals surface area contributed by atoms with Gasteiger partial charge in [-0.25, -0.2) is 4.98 Å². The van der Waals surface area contributed by atoms with E-state index in [-0.39, 0.29) is 0 Å². The first-order chi connectivity index (χ1) is 8.72. The average molecular weight is 264 g/mol. The van der Waals surface area contributed by atoms with E-state index in [9.17, 15) is 0 Å². The number of nitrogens with zero attached hydrogens (tertiary/aromatic N) is 4. The Bertz CT molecular complexity index is 525. The van der Waals surface area contributed by atoms with E-state index >= 15 is 0 Å². The Morgan fingerprint density at radius 3 is 2.83 bits per heavy atom. The molecule has 1 aliphatic heterocycles. The third-order valence-electron chi connectivity index (χ3n) is 3.16. The fourth-order valence-electron chi connectivity index (χ4n) is 2.08. The lowest BCUT2D eigenvalue weighted by atomic mass is 10.1. The van der Waals surface area contributed by atoms with Crippen molar-refractivity contribution < 1.29 is 0 Å². The summed E-state index contributed by atoms with van der Waals surface area (Å²) < 4.78 is 0. The molecule has 0 spiro atoms. The quantitative estimate of drug-likeness (QED) is 0.850. The Balaban J connectivity index is 1.77. The minimum absolute atomic E-state index is 0.320. The van der Waals surface area contributed by atoms with Crippen LogP contribution in [-0.4, -0.2) is 39.3 Å². The summed E-state index contributed by atoms with van der Waals surface area (Å²) in [6, 6.07) is 0.320. The van der Waals surface area contributed by atoms with Crippen molar-refractivity contribution in [3.63, 3.8) is 0 Å². The van der Waals surface area contributed by atoms with Crippen molar-refractivity contribution >= 4 is 17.3 Å². The second-order valence-corrected chi connectivity index (χ2v) is 5.62. The molecule has 1 aliphatic rings. The minimum atomic E-state index is 0.320. The Morgan fingerprint density at radius 1 is 1.39 bits per heavy atom. The van der Waals surface area contributed by atoms with Gasteiger partial charge in [-0.15, -0.1) is 16.4 Å². The van der Waals surface area contributed by atoms with Crippen molar-refractivity contribution in [1.29, 1.82) is 0 Å². The third-order valence-corrected chi connectivity index (χ3v) is 3.93. The number of hydrogen-bond acceptors (Lipinski definition) is 6. The number of nitrogens with one attached hydrogen (secondary N) is 1. The Morgan fingerprint density at radius 2 is 2.17 bits per heavy atom. The normalized spacial score (nSPS) is 17.3. The smallest absolute Gasteiger partial charge is 0.245 e. The molecule has 0 saturated carbocycles. The van der Waals surface area contributed by atoms with Crippen LogP contribution in [0.5, 0.6) is 0 Å². The van der Waals surface area contributed by atoms with Crippen LogP contribution >= 0.6 is 11.3 Å². The fourth-order valence-corrected chi connectivity index (χ4v) is 2.68. The summed E-state index contributed by atoms with van der Waals surface area (Å²) in [6.07, 6.45) is 2.00. The zero-order chi connectivity index (χ0) is 12.5. The van der Waals surface area contributed by atoms with Crippen molar-refractivity contribution in [3.05, 3.63) is 10.4 Å². The van der Waals surface area contributed by atoms with E-state index in [2.05, 4.69) is 25.1 Å². The number of rotatable bonds is 2. The largest absolute Gasteiger partial charge is 0.339 e. The Labute approximate surface area is 109 Å². The molecule has 2 aromatic rings. The standard InChI is InChI=1S/C11H16N6S/c1-7-13-9(6-18-7)10-14-11(16-15-10)17-4-2-8(12)3-5-17/h6,8H,2-5,12H2,1H3,(H,14,15,16). The van der Waals surface area contributed by atoms with Crippen LogP contribution in [0, 0.1) is 6.92 Å². The lowest BCUT2D eigenvalue weighted by molar-refractivity contribution is 0.496. The molecule has 0 unspecified atom stereocenters. The molecule has 0 aromatic carbocycles. The number of aromatic nitrogens is 4. The molecule has 0 aliphatic carbocycles. The van der Waals surface area contributed by atoms with Crippen LogP contribution in [0.1, 0.15) is 17.8 Å². The highest BCUT2D eigenvalue weighted by molar-refractivity contribution is 7.09. The van der Waals surface area contributed by atoms with Crippen molar-refractivity contribution in [2.75, 3.05) is 18.0 Å². The summed E-state index contributed by atoms with van der Waals surface area (Å²) >= 11 is 1.62. The Kier molecular flexibility index (Phi) is 3.00. The van der Waals surface area contributed by atoms with Crippen LogP contribution in [-0.2, 0) is 0 Å². The van der Waals surface area contributed by atoms with Gasteiger partial charge in [0.15, 0.2) is 5.82 Å². The highest BCUT2D eigenvalue weighted by Gasteiger charge is 2.20. The van der Waals surface area contributed by atoms with Crippen LogP contribution in [0.25, 0.3) is 11.5 Å². The monoisotopic (exact) mass is 264 g/mol. The summed E-state index contributed by atoms with van der Waals surface area (Å²) in [5.74, 6) is 1.49. The van der Waals surface area contributed by atoms with E-state index in [1.165, 1.54) is 0 Å². The molecular formula is C11H16N6S. The third kappa shape index (κ3) is 2.23. The molecule has 0 radical (unpaired) electrons.